The van der Waals surface area contributed by atoms with E-state index in [1.54, 1.807) is 6.07 Å². The van der Waals surface area contributed by atoms with Gasteiger partial charge in [-0.05, 0) is 18.1 Å². The molecule has 1 heterocycles. The van der Waals surface area contributed by atoms with Crippen LogP contribution in [0.25, 0.3) is 11.4 Å². The van der Waals surface area contributed by atoms with Crippen LogP contribution < -0.4 is 4.74 Å². The normalized spacial score (nSPS) is 11.4. The van der Waals surface area contributed by atoms with E-state index < -0.39 is 0 Å². The lowest BCUT2D eigenvalue weighted by molar-refractivity contribution is 0.297. The molecule has 3 aromatic rings. The van der Waals surface area contributed by atoms with E-state index in [1.165, 1.54) is 31.1 Å². The summed E-state index contributed by atoms with van der Waals surface area (Å²) in [5.41, 5.74) is 2.41. The first-order valence-corrected chi connectivity index (χ1v) is 10.2. The molecule has 0 saturated carbocycles. The second-order valence-electron chi connectivity index (χ2n) is 7.73. The average Bonchev–Trinajstić information content (AvgIpc) is 2.75. The van der Waals surface area contributed by atoms with Crippen molar-refractivity contribution in [3.8, 4) is 22.9 Å². The van der Waals surface area contributed by atoms with Crippen LogP contribution in [0.5, 0.6) is 11.5 Å². The topological polar surface area (TPSA) is 68.1 Å². The van der Waals surface area contributed by atoms with Gasteiger partial charge in [-0.3, -0.25) is 0 Å². The maximum atomic E-state index is 10.7. The first kappa shape index (κ1) is 20.8. The Morgan fingerprint density at radius 2 is 1.69 bits per heavy atom. The van der Waals surface area contributed by atoms with Crippen molar-refractivity contribution in [2.24, 2.45) is 0 Å². The molecule has 29 heavy (non-hydrogen) atoms. The predicted octanol–water partition coefficient (Wildman–Crippen LogP) is 5.53. The van der Waals surface area contributed by atoms with E-state index in [0.29, 0.717) is 23.7 Å². The highest BCUT2D eigenvalue weighted by molar-refractivity contribution is 5.68. The summed E-state index contributed by atoms with van der Waals surface area (Å²) in [5, 5.41) is 10.7. The highest BCUT2D eigenvalue weighted by Crippen LogP contribution is 2.42. The van der Waals surface area contributed by atoms with Crippen LogP contribution in [0.2, 0.25) is 0 Å². The molecule has 5 heteroatoms. The second kappa shape index (κ2) is 9.50. The van der Waals surface area contributed by atoms with Gasteiger partial charge >= 0.3 is 0 Å². The Bertz CT molecular complexity index is 912. The van der Waals surface area contributed by atoms with E-state index in [0.717, 1.165) is 18.4 Å². The lowest BCUT2D eigenvalue weighted by Gasteiger charge is -2.29. The first-order valence-electron chi connectivity index (χ1n) is 10.2. The SMILES string of the molecule is CCCCCCOc1cc(O)c(-c2ncncn2)cc1C(C)(C)c1ccccc1. The Hall–Kier alpha value is -2.95. The van der Waals surface area contributed by atoms with E-state index in [2.05, 4.69) is 47.9 Å². The van der Waals surface area contributed by atoms with E-state index in [-0.39, 0.29) is 11.2 Å². The van der Waals surface area contributed by atoms with Gasteiger partial charge in [0, 0.05) is 17.0 Å². The van der Waals surface area contributed by atoms with Gasteiger partial charge in [-0.1, -0.05) is 70.4 Å². The zero-order valence-electron chi connectivity index (χ0n) is 17.4. The van der Waals surface area contributed by atoms with Gasteiger partial charge in [0.1, 0.15) is 24.2 Å². The van der Waals surface area contributed by atoms with Crippen LogP contribution >= 0.6 is 0 Å². The maximum absolute atomic E-state index is 10.7. The highest BCUT2D eigenvalue weighted by Gasteiger charge is 2.29. The molecule has 0 atom stereocenters. The summed E-state index contributed by atoms with van der Waals surface area (Å²) < 4.78 is 6.15. The predicted molar refractivity (Wildman–Crippen MR) is 115 cm³/mol. The molecule has 0 aliphatic carbocycles. The van der Waals surface area contributed by atoms with Gasteiger partial charge in [0.2, 0.25) is 0 Å². The molecule has 0 aliphatic heterocycles. The molecule has 152 valence electrons. The Balaban J connectivity index is 2.02. The Kier molecular flexibility index (Phi) is 6.81. The number of benzene rings is 2. The lowest BCUT2D eigenvalue weighted by atomic mass is 9.77. The maximum Gasteiger partial charge on any atom is 0.166 e. The zero-order valence-corrected chi connectivity index (χ0v) is 17.4. The zero-order chi connectivity index (χ0) is 20.7. The number of hydrogen-bond acceptors (Lipinski definition) is 5. The van der Waals surface area contributed by atoms with Crippen molar-refractivity contribution < 1.29 is 9.84 Å². The van der Waals surface area contributed by atoms with Crippen LogP contribution in [0.15, 0.2) is 55.1 Å². The number of nitrogens with zero attached hydrogens (tertiary/aromatic N) is 3. The van der Waals surface area contributed by atoms with Crippen molar-refractivity contribution in [1.29, 1.82) is 0 Å². The Morgan fingerprint density at radius 1 is 0.966 bits per heavy atom. The molecule has 0 saturated heterocycles. The van der Waals surface area contributed by atoms with Gasteiger partial charge in [0.15, 0.2) is 5.82 Å². The molecule has 1 aromatic heterocycles. The Labute approximate surface area is 172 Å². The number of aromatic nitrogens is 3. The third-order valence-electron chi connectivity index (χ3n) is 5.26. The van der Waals surface area contributed by atoms with E-state index in [4.69, 9.17) is 4.74 Å². The van der Waals surface area contributed by atoms with Crippen molar-refractivity contribution >= 4 is 0 Å². The second-order valence-corrected chi connectivity index (χ2v) is 7.73. The van der Waals surface area contributed by atoms with E-state index in [9.17, 15) is 5.11 Å². The molecule has 0 spiro atoms. The fourth-order valence-corrected chi connectivity index (χ4v) is 3.46. The highest BCUT2D eigenvalue weighted by atomic mass is 16.5. The van der Waals surface area contributed by atoms with Crippen molar-refractivity contribution in [3.05, 3.63) is 66.2 Å². The van der Waals surface area contributed by atoms with Gasteiger partial charge < -0.3 is 9.84 Å². The molecular formula is C24H29N3O2. The van der Waals surface area contributed by atoms with Gasteiger partial charge in [0.05, 0.1) is 12.2 Å². The molecule has 0 aliphatic rings. The first-order chi connectivity index (χ1) is 14.0. The fourth-order valence-electron chi connectivity index (χ4n) is 3.46. The van der Waals surface area contributed by atoms with E-state index in [1.807, 2.05) is 24.3 Å². The van der Waals surface area contributed by atoms with Crippen LogP contribution in [0, 0.1) is 0 Å². The Morgan fingerprint density at radius 3 is 2.38 bits per heavy atom. The molecule has 2 aromatic carbocycles. The summed E-state index contributed by atoms with van der Waals surface area (Å²) in [6.45, 7) is 7.15. The van der Waals surface area contributed by atoms with Crippen LogP contribution in [-0.4, -0.2) is 26.7 Å². The standard InChI is InChI=1S/C24H29N3O2/c1-4-5-6-10-13-29-22-15-21(28)19(23-26-16-25-17-27-23)14-20(22)24(2,3)18-11-8-7-9-12-18/h7-9,11-12,14-17,28H,4-6,10,13H2,1-3H3. The minimum absolute atomic E-state index is 0.104. The third-order valence-corrected chi connectivity index (χ3v) is 5.26. The lowest BCUT2D eigenvalue weighted by Crippen LogP contribution is -2.20. The molecule has 0 amide bonds. The number of unbranched alkanes of at least 4 members (excludes halogenated alkanes) is 3. The minimum Gasteiger partial charge on any atom is -0.507 e. The van der Waals surface area contributed by atoms with Crippen LogP contribution in [0.1, 0.15) is 57.6 Å². The summed E-state index contributed by atoms with van der Waals surface area (Å²) in [6, 6.07) is 13.9. The number of aromatic hydroxyl groups is 1. The van der Waals surface area contributed by atoms with Gasteiger partial charge in [0.25, 0.3) is 0 Å². The summed E-state index contributed by atoms with van der Waals surface area (Å²) in [7, 11) is 0. The summed E-state index contributed by atoms with van der Waals surface area (Å²) >= 11 is 0. The van der Waals surface area contributed by atoms with Gasteiger partial charge in [-0.15, -0.1) is 0 Å². The van der Waals surface area contributed by atoms with Gasteiger partial charge in [-0.2, -0.15) is 0 Å². The smallest absolute Gasteiger partial charge is 0.166 e. The molecule has 5 nitrogen and oxygen atoms in total. The number of ether oxygens (including phenoxy) is 1. The molecular weight excluding hydrogens is 362 g/mol. The fraction of sp³-hybridized carbons (Fsp3) is 0.375. The number of phenolic OH excluding ortho intramolecular Hbond substituents is 1. The van der Waals surface area contributed by atoms with Crippen molar-refractivity contribution in [2.45, 2.75) is 51.9 Å². The monoisotopic (exact) mass is 391 g/mol. The van der Waals surface area contributed by atoms with Crippen molar-refractivity contribution in [2.75, 3.05) is 6.61 Å². The molecule has 0 radical (unpaired) electrons. The van der Waals surface area contributed by atoms with Crippen LogP contribution in [0.3, 0.4) is 0 Å². The van der Waals surface area contributed by atoms with E-state index >= 15 is 0 Å². The summed E-state index contributed by atoms with van der Waals surface area (Å²) in [6.07, 6.45) is 7.39. The number of phenols is 1. The minimum atomic E-state index is -0.324. The summed E-state index contributed by atoms with van der Waals surface area (Å²) in [4.78, 5) is 12.3. The number of rotatable bonds is 9. The van der Waals surface area contributed by atoms with Crippen LogP contribution in [-0.2, 0) is 5.41 Å². The quantitative estimate of drug-likeness (QED) is 0.486. The summed E-state index contributed by atoms with van der Waals surface area (Å²) in [5.74, 6) is 1.25. The van der Waals surface area contributed by atoms with Crippen molar-refractivity contribution in [1.82, 2.24) is 15.0 Å². The number of hydrogen-bond donors (Lipinski definition) is 1. The average molecular weight is 392 g/mol. The largest absolute Gasteiger partial charge is 0.507 e. The molecule has 1 N–H and O–H groups in total. The van der Waals surface area contributed by atoms with Gasteiger partial charge in [-0.25, -0.2) is 15.0 Å². The van der Waals surface area contributed by atoms with Crippen molar-refractivity contribution in [3.63, 3.8) is 0 Å². The molecule has 0 bridgehead atoms. The molecule has 0 unspecified atom stereocenters. The molecule has 0 fully saturated rings. The molecule has 3 rings (SSSR count). The van der Waals surface area contributed by atoms with Crippen LogP contribution in [0.4, 0.5) is 0 Å². The third kappa shape index (κ3) is 4.91.